The molecule has 0 aliphatic carbocycles. The number of carbonyl (C=O) groups is 2. The fourth-order valence-electron chi connectivity index (χ4n) is 1.75. The molecule has 0 unspecified atom stereocenters. The van der Waals surface area contributed by atoms with Crippen LogP contribution in [-0.4, -0.2) is 24.5 Å². The summed E-state index contributed by atoms with van der Waals surface area (Å²) in [4.78, 5) is 24.0. The fourth-order valence-corrected chi connectivity index (χ4v) is 3.29. The van der Waals surface area contributed by atoms with E-state index >= 15 is 0 Å². The molecule has 5 nitrogen and oxygen atoms in total. The van der Waals surface area contributed by atoms with Crippen molar-refractivity contribution < 1.29 is 18.0 Å². The van der Waals surface area contributed by atoms with Crippen molar-refractivity contribution in [2.45, 2.75) is 44.4 Å². The molecule has 0 N–H and O–H groups in total. The summed E-state index contributed by atoms with van der Waals surface area (Å²) >= 11 is 5.72. The third kappa shape index (κ3) is 4.28. The minimum atomic E-state index is -4.19. The Hall–Kier alpha value is -1.40. The van der Waals surface area contributed by atoms with Crippen LogP contribution >= 0.6 is 11.6 Å². The van der Waals surface area contributed by atoms with Crippen LogP contribution in [0.25, 0.3) is 0 Å². The molecule has 1 aromatic carbocycles. The highest BCUT2D eigenvalue weighted by molar-refractivity contribution is 7.90. The Labute approximate surface area is 129 Å². The lowest BCUT2D eigenvalue weighted by Crippen LogP contribution is -2.41. The maximum Gasteiger partial charge on any atom is 0.273 e. The smallest absolute Gasteiger partial charge is 0.273 e. The maximum atomic E-state index is 12.5. The molecule has 7 heteroatoms. The fraction of sp³-hybridized carbons (Fsp3) is 0.429. The first-order chi connectivity index (χ1) is 9.84. The van der Waals surface area contributed by atoms with Crippen LogP contribution in [0.5, 0.6) is 0 Å². The van der Waals surface area contributed by atoms with Gasteiger partial charge in [-0.3, -0.25) is 9.59 Å². The third-order valence-corrected chi connectivity index (χ3v) is 4.74. The minimum Gasteiger partial charge on any atom is -0.273 e. The highest BCUT2D eigenvalue weighted by atomic mass is 35.5. The van der Waals surface area contributed by atoms with Crippen molar-refractivity contribution >= 4 is 33.4 Å². The molecule has 0 atom stereocenters. The van der Waals surface area contributed by atoms with Gasteiger partial charge in [0.25, 0.3) is 10.0 Å². The molecule has 0 spiro atoms. The molecule has 0 fully saturated rings. The van der Waals surface area contributed by atoms with Crippen molar-refractivity contribution in [1.82, 2.24) is 4.31 Å². The van der Waals surface area contributed by atoms with E-state index in [0.29, 0.717) is 22.2 Å². The van der Waals surface area contributed by atoms with Gasteiger partial charge >= 0.3 is 0 Å². The van der Waals surface area contributed by atoms with Gasteiger partial charge in [0.05, 0.1) is 4.90 Å². The SMILES string of the molecule is CCCC(=O)N(C(=O)CCC)S(=O)(=O)c1ccc(Cl)cc1. The second-order valence-corrected chi connectivity index (χ2v) is 6.73. The highest BCUT2D eigenvalue weighted by Gasteiger charge is 2.33. The Balaban J connectivity index is 3.25. The van der Waals surface area contributed by atoms with Crippen molar-refractivity contribution in [3.8, 4) is 0 Å². The van der Waals surface area contributed by atoms with E-state index in [1.807, 2.05) is 0 Å². The molecule has 2 amide bonds. The zero-order chi connectivity index (χ0) is 16.0. The summed E-state index contributed by atoms with van der Waals surface area (Å²) in [6.45, 7) is 3.49. The number of rotatable bonds is 6. The molecule has 1 rings (SSSR count). The van der Waals surface area contributed by atoms with Crippen molar-refractivity contribution in [2.75, 3.05) is 0 Å². The summed E-state index contributed by atoms with van der Waals surface area (Å²) in [5.74, 6) is -1.41. The number of amides is 2. The molecule has 0 aliphatic rings. The van der Waals surface area contributed by atoms with Crippen molar-refractivity contribution in [2.24, 2.45) is 0 Å². The number of imide groups is 1. The van der Waals surface area contributed by atoms with Gasteiger partial charge in [-0.15, -0.1) is 0 Å². The van der Waals surface area contributed by atoms with E-state index in [0.717, 1.165) is 0 Å². The number of carbonyl (C=O) groups excluding carboxylic acids is 2. The molecule has 0 heterocycles. The van der Waals surface area contributed by atoms with Crippen LogP contribution in [0.1, 0.15) is 39.5 Å². The normalized spacial score (nSPS) is 11.2. The van der Waals surface area contributed by atoms with E-state index in [4.69, 9.17) is 11.6 Å². The lowest BCUT2D eigenvalue weighted by atomic mass is 10.3. The number of hydrogen-bond acceptors (Lipinski definition) is 4. The molecule has 0 saturated carbocycles. The van der Waals surface area contributed by atoms with Crippen LogP contribution in [-0.2, 0) is 19.6 Å². The van der Waals surface area contributed by atoms with Crippen LogP contribution in [0.3, 0.4) is 0 Å². The minimum absolute atomic E-state index is 0.00226. The summed E-state index contributed by atoms with van der Waals surface area (Å²) in [6, 6.07) is 5.37. The van der Waals surface area contributed by atoms with Gasteiger partial charge < -0.3 is 0 Å². The summed E-state index contributed by atoms with van der Waals surface area (Å²) in [5, 5.41) is 0.375. The van der Waals surface area contributed by atoms with Crippen LogP contribution < -0.4 is 0 Å². The van der Waals surface area contributed by atoms with Crippen molar-refractivity contribution in [3.05, 3.63) is 29.3 Å². The number of hydrogen-bond donors (Lipinski definition) is 0. The van der Waals surface area contributed by atoms with Crippen molar-refractivity contribution in [3.63, 3.8) is 0 Å². The third-order valence-electron chi connectivity index (χ3n) is 2.73. The number of benzene rings is 1. The second kappa shape index (κ2) is 7.56. The maximum absolute atomic E-state index is 12.5. The quantitative estimate of drug-likeness (QED) is 0.803. The van der Waals surface area contributed by atoms with Crippen molar-refractivity contribution in [1.29, 1.82) is 0 Å². The van der Waals surface area contributed by atoms with E-state index in [1.165, 1.54) is 24.3 Å². The van der Waals surface area contributed by atoms with Gasteiger partial charge in [-0.05, 0) is 37.1 Å². The van der Waals surface area contributed by atoms with Crippen LogP contribution in [0, 0.1) is 0 Å². The first kappa shape index (κ1) is 17.7. The highest BCUT2D eigenvalue weighted by Crippen LogP contribution is 2.20. The number of sulfonamides is 1. The summed E-state index contributed by atoms with van der Waals surface area (Å²) in [7, 11) is -4.19. The van der Waals surface area contributed by atoms with Crippen LogP contribution in [0.15, 0.2) is 29.2 Å². The Morgan fingerprint density at radius 1 is 1.00 bits per heavy atom. The summed E-state index contributed by atoms with van der Waals surface area (Å²) < 4.78 is 25.4. The lowest BCUT2D eigenvalue weighted by molar-refractivity contribution is -0.138. The zero-order valence-electron chi connectivity index (χ0n) is 12.0. The molecule has 116 valence electrons. The molecular formula is C14H18ClNO4S. The van der Waals surface area contributed by atoms with E-state index < -0.39 is 21.8 Å². The Kier molecular flexibility index (Phi) is 6.36. The zero-order valence-corrected chi connectivity index (χ0v) is 13.6. The predicted molar refractivity (Wildman–Crippen MR) is 80.3 cm³/mol. The summed E-state index contributed by atoms with van der Waals surface area (Å²) in [6.07, 6.45) is 0.931. The van der Waals surface area contributed by atoms with Gasteiger partial charge in [-0.2, -0.15) is 4.31 Å². The molecule has 0 aromatic heterocycles. The Morgan fingerprint density at radius 2 is 1.43 bits per heavy atom. The largest absolute Gasteiger partial charge is 0.273 e. The van der Waals surface area contributed by atoms with Gasteiger partial charge in [-0.25, -0.2) is 8.42 Å². The van der Waals surface area contributed by atoms with Gasteiger partial charge in [0.15, 0.2) is 0 Å². The molecule has 1 aromatic rings. The molecule has 21 heavy (non-hydrogen) atoms. The van der Waals surface area contributed by atoms with Gasteiger partial charge in [0.1, 0.15) is 0 Å². The molecule has 0 radical (unpaired) electrons. The van der Waals surface area contributed by atoms with Crippen LogP contribution in [0.2, 0.25) is 5.02 Å². The molecule has 0 saturated heterocycles. The number of halogens is 1. The second-order valence-electron chi connectivity index (χ2n) is 4.51. The van der Waals surface area contributed by atoms with E-state index in [1.54, 1.807) is 13.8 Å². The first-order valence-corrected chi connectivity index (χ1v) is 8.53. The van der Waals surface area contributed by atoms with Gasteiger partial charge in [-0.1, -0.05) is 25.4 Å². The lowest BCUT2D eigenvalue weighted by Gasteiger charge is -2.20. The van der Waals surface area contributed by atoms with E-state index in [9.17, 15) is 18.0 Å². The predicted octanol–water partition coefficient (Wildman–Crippen LogP) is 2.98. The Bertz CT molecular complexity index is 592. The molecule has 0 bridgehead atoms. The first-order valence-electron chi connectivity index (χ1n) is 6.71. The monoisotopic (exact) mass is 331 g/mol. The Morgan fingerprint density at radius 3 is 1.81 bits per heavy atom. The van der Waals surface area contributed by atoms with E-state index in [-0.39, 0.29) is 17.7 Å². The topological polar surface area (TPSA) is 71.5 Å². The van der Waals surface area contributed by atoms with Gasteiger partial charge in [0.2, 0.25) is 11.8 Å². The van der Waals surface area contributed by atoms with E-state index in [2.05, 4.69) is 0 Å². The molecular weight excluding hydrogens is 314 g/mol. The summed E-state index contributed by atoms with van der Waals surface area (Å²) in [5.41, 5.74) is 0. The molecule has 0 aliphatic heterocycles. The average molecular weight is 332 g/mol. The standard InChI is InChI=1S/C14H18ClNO4S/c1-3-5-13(17)16(14(18)6-4-2)21(19,20)12-9-7-11(15)8-10-12/h7-10H,3-6H2,1-2H3. The number of nitrogens with zero attached hydrogens (tertiary/aromatic N) is 1. The van der Waals surface area contributed by atoms with Gasteiger partial charge in [0, 0.05) is 17.9 Å². The average Bonchev–Trinajstić information content (AvgIpc) is 2.39. The van der Waals surface area contributed by atoms with Crippen LogP contribution in [0.4, 0.5) is 0 Å².